The number of hydrogen-bond acceptors (Lipinski definition) is 6. The number of anilines is 1. The number of fused-ring (bicyclic) bond motifs is 3. The number of para-hydroxylation sites is 1. The molecule has 0 N–H and O–H groups in total. The molecule has 1 saturated heterocycles. The minimum atomic E-state index is -1.00. The second-order valence-corrected chi connectivity index (χ2v) is 9.11. The molecule has 0 spiro atoms. The van der Waals surface area contributed by atoms with Gasteiger partial charge in [0, 0.05) is 32.8 Å². The number of methoxy groups -OCH3 is 1. The molecular weight excluding hydrogens is 462 g/mol. The van der Waals surface area contributed by atoms with E-state index in [1.165, 1.54) is 21.8 Å². The first-order valence-corrected chi connectivity index (χ1v) is 11.9. The van der Waals surface area contributed by atoms with Crippen LogP contribution in [0.2, 0.25) is 0 Å². The summed E-state index contributed by atoms with van der Waals surface area (Å²) in [4.78, 5) is 58.1. The Kier molecular flexibility index (Phi) is 7.40. The molecule has 0 aliphatic carbocycles. The first-order valence-electron chi connectivity index (χ1n) is 11.9. The number of benzene rings is 2. The van der Waals surface area contributed by atoms with Crippen LogP contribution >= 0.6 is 0 Å². The summed E-state index contributed by atoms with van der Waals surface area (Å²) in [7, 11) is 4.65. The lowest BCUT2D eigenvalue weighted by molar-refractivity contribution is -0.150. The Balaban J connectivity index is 1.94. The van der Waals surface area contributed by atoms with E-state index >= 15 is 0 Å². The number of carbonyl (C=O) groups is 4. The summed E-state index contributed by atoms with van der Waals surface area (Å²) in [6.07, 6.45) is 0. The Morgan fingerprint density at radius 1 is 0.972 bits per heavy atom. The van der Waals surface area contributed by atoms with Crippen molar-refractivity contribution in [3.63, 3.8) is 0 Å². The van der Waals surface area contributed by atoms with Crippen molar-refractivity contribution in [2.75, 3.05) is 45.9 Å². The number of rotatable bonds is 7. The van der Waals surface area contributed by atoms with Gasteiger partial charge in [-0.25, -0.2) is 0 Å². The van der Waals surface area contributed by atoms with Crippen molar-refractivity contribution in [2.45, 2.75) is 24.9 Å². The normalized spacial score (nSPS) is 22.6. The van der Waals surface area contributed by atoms with Gasteiger partial charge in [0.15, 0.2) is 0 Å². The molecule has 2 aliphatic rings. The average molecular weight is 494 g/mol. The van der Waals surface area contributed by atoms with Crippen molar-refractivity contribution in [3.05, 3.63) is 65.7 Å². The molecular formula is C27H31N3O6. The summed E-state index contributed by atoms with van der Waals surface area (Å²) < 4.78 is 10.7. The van der Waals surface area contributed by atoms with E-state index in [2.05, 4.69) is 0 Å². The minimum Gasteiger partial charge on any atom is -0.466 e. The molecule has 4 rings (SSSR count). The highest BCUT2D eigenvalue weighted by Gasteiger charge is 2.61. The number of ether oxygens (including phenoxy) is 2. The Morgan fingerprint density at radius 2 is 1.64 bits per heavy atom. The highest BCUT2D eigenvalue weighted by molar-refractivity contribution is 6.07. The van der Waals surface area contributed by atoms with E-state index in [1.807, 2.05) is 42.5 Å². The molecule has 9 nitrogen and oxygen atoms in total. The molecule has 0 unspecified atom stereocenters. The van der Waals surface area contributed by atoms with Crippen LogP contribution in [0.3, 0.4) is 0 Å². The second-order valence-electron chi connectivity index (χ2n) is 9.11. The number of hydrogen-bond donors (Lipinski definition) is 0. The van der Waals surface area contributed by atoms with Gasteiger partial charge in [-0.05, 0) is 24.1 Å². The molecule has 36 heavy (non-hydrogen) atoms. The van der Waals surface area contributed by atoms with Crippen LogP contribution in [-0.2, 0) is 28.7 Å². The third kappa shape index (κ3) is 4.35. The van der Waals surface area contributed by atoms with Crippen LogP contribution in [0.1, 0.15) is 30.0 Å². The van der Waals surface area contributed by atoms with Crippen molar-refractivity contribution in [1.29, 1.82) is 0 Å². The molecule has 2 aromatic carbocycles. The fourth-order valence-corrected chi connectivity index (χ4v) is 5.32. The zero-order valence-electron chi connectivity index (χ0n) is 20.9. The summed E-state index contributed by atoms with van der Waals surface area (Å²) in [5.41, 5.74) is 2.00. The highest BCUT2D eigenvalue weighted by Crippen LogP contribution is 2.54. The van der Waals surface area contributed by atoms with Crippen molar-refractivity contribution in [1.82, 2.24) is 9.80 Å². The van der Waals surface area contributed by atoms with E-state index in [-0.39, 0.29) is 25.7 Å². The topological polar surface area (TPSA) is 96.5 Å². The Morgan fingerprint density at radius 3 is 2.28 bits per heavy atom. The number of likely N-dealkylation sites (tertiary alicyclic amines) is 1. The van der Waals surface area contributed by atoms with Crippen LogP contribution in [0.15, 0.2) is 54.6 Å². The van der Waals surface area contributed by atoms with Gasteiger partial charge in [-0.1, -0.05) is 48.5 Å². The number of likely N-dealkylation sites (N-methyl/N-ethyl adjacent to an activating group) is 1. The molecule has 0 aromatic heterocycles. The standard InChI is InChI=1S/C27H31N3O6/c1-5-36-27(34)23-22-18-13-9-10-14-19(18)29(15-20(31)28(2)3)26(33)25(22)30(21(32)16-35-4)24(23)17-11-7-6-8-12-17/h6-14,22-25H,5,15-16H2,1-4H3/t22-,23-,24-,25+/m1/s1. The van der Waals surface area contributed by atoms with Gasteiger partial charge in [0.1, 0.15) is 19.2 Å². The Bertz CT molecular complexity index is 1150. The van der Waals surface area contributed by atoms with E-state index in [0.29, 0.717) is 5.69 Å². The molecule has 1 fully saturated rings. The van der Waals surface area contributed by atoms with Crippen LogP contribution in [0.4, 0.5) is 5.69 Å². The van der Waals surface area contributed by atoms with E-state index in [9.17, 15) is 19.2 Å². The number of amides is 3. The van der Waals surface area contributed by atoms with Crippen molar-refractivity contribution >= 4 is 29.4 Å². The van der Waals surface area contributed by atoms with E-state index < -0.39 is 41.7 Å². The lowest BCUT2D eigenvalue weighted by atomic mass is 9.77. The average Bonchev–Trinajstić information content (AvgIpc) is 3.24. The smallest absolute Gasteiger partial charge is 0.312 e. The lowest BCUT2D eigenvalue weighted by Gasteiger charge is -2.39. The zero-order valence-corrected chi connectivity index (χ0v) is 20.9. The predicted octanol–water partition coefficient (Wildman–Crippen LogP) is 1.98. The third-order valence-electron chi connectivity index (χ3n) is 6.82. The third-order valence-corrected chi connectivity index (χ3v) is 6.82. The van der Waals surface area contributed by atoms with Gasteiger partial charge < -0.3 is 24.2 Å². The fourth-order valence-electron chi connectivity index (χ4n) is 5.32. The Hall–Kier alpha value is -3.72. The van der Waals surface area contributed by atoms with Gasteiger partial charge in [0.05, 0.1) is 18.6 Å². The monoisotopic (exact) mass is 493 g/mol. The zero-order chi connectivity index (χ0) is 26.0. The maximum absolute atomic E-state index is 14.1. The SMILES string of the molecule is CCOC(=O)[C@@H]1[C@H]2c3ccccc3N(CC(=O)N(C)C)C(=O)[C@H]2N(C(=O)COC)[C@@H]1c1ccccc1. The molecule has 0 bridgehead atoms. The molecule has 190 valence electrons. The summed E-state index contributed by atoms with van der Waals surface area (Å²) in [6, 6.07) is 14.7. The van der Waals surface area contributed by atoms with Crippen LogP contribution in [0, 0.1) is 5.92 Å². The van der Waals surface area contributed by atoms with Gasteiger partial charge in [-0.15, -0.1) is 0 Å². The first-order chi connectivity index (χ1) is 17.3. The quantitative estimate of drug-likeness (QED) is 0.548. The molecule has 0 saturated carbocycles. The number of carbonyl (C=O) groups excluding carboxylic acids is 4. The van der Waals surface area contributed by atoms with Crippen LogP contribution in [0.25, 0.3) is 0 Å². The summed E-state index contributed by atoms with van der Waals surface area (Å²) in [5.74, 6) is -3.04. The van der Waals surface area contributed by atoms with Crippen molar-refractivity contribution in [2.24, 2.45) is 5.92 Å². The minimum absolute atomic E-state index is 0.166. The number of esters is 1. The van der Waals surface area contributed by atoms with E-state index in [4.69, 9.17) is 9.47 Å². The van der Waals surface area contributed by atoms with Gasteiger partial charge in [0.25, 0.3) is 5.91 Å². The van der Waals surface area contributed by atoms with Crippen molar-refractivity contribution < 1.29 is 28.7 Å². The molecule has 4 atom stereocenters. The molecule has 2 aromatic rings. The van der Waals surface area contributed by atoms with Crippen LogP contribution in [-0.4, -0.2) is 80.5 Å². The van der Waals surface area contributed by atoms with E-state index in [0.717, 1.165) is 11.1 Å². The molecule has 9 heteroatoms. The van der Waals surface area contributed by atoms with Crippen LogP contribution < -0.4 is 4.90 Å². The first kappa shape index (κ1) is 25.4. The summed E-state index contributed by atoms with van der Waals surface area (Å²) >= 11 is 0. The lowest BCUT2D eigenvalue weighted by Crippen LogP contribution is -2.55. The molecule has 0 radical (unpaired) electrons. The van der Waals surface area contributed by atoms with E-state index in [1.54, 1.807) is 33.2 Å². The van der Waals surface area contributed by atoms with Gasteiger partial charge in [0.2, 0.25) is 11.8 Å². The van der Waals surface area contributed by atoms with Crippen molar-refractivity contribution in [3.8, 4) is 0 Å². The van der Waals surface area contributed by atoms with Gasteiger partial charge in [-0.3, -0.25) is 19.2 Å². The second kappa shape index (κ2) is 10.5. The van der Waals surface area contributed by atoms with Crippen LogP contribution in [0.5, 0.6) is 0 Å². The van der Waals surface area contributed by atoms with Gasteiger partial charge in [-0.2, -0.15) is 0 Å². The summed E-state index contributed by atoms with van der Waals surface area (Å²) in [6.45, 7) is 1.45. The molecule has 2 heterocycles. The molecule has 2 aliphatic heterocycles. The van der Waals surface area contributed by atoms with Gasteiger partial charge >= 0.3 is 5.97 Å². The Labute approximate surface area is 210 Å². The number of nitrogens with zero attached hydrogens (tertiary/aromatic N) is 3. The predicted molar refractivity (Wildman–Crippen MR) is 132 cm³/mol. The fraction of sp³-hybridized carbons (Fsp3) is 0.407. The summed E-state index contributed by atoms with van der Waals surface area (Å²) in [5, 5.41) is 0. The largest absolute Gasteiger partial charge is 0.466 e. The highest BCUT2D eigenvalue weighted by atomic mass is 16.5. The molecule has 3 amide bonds. The maximum atomic E-state index is 14.1. The maximum Gasteiger partial charge on any atom is 0.312 e.